The van der Waals surface area contributed by atoms with Crippen LogP contribution in [0.1, 0.15) is 54.9 Å². The normalized spacial score (nSPS) is 18.8. The zero-order chi connectivity index (χ0) is 20.8. The second-order valence-corrected chi connectivity index (χ2v) is 7.14. The van der Waals surface area contributed by atoms with Crippen molar-refractivity contribution >= 4 is 25.2 Å². The lowest BCUT2D eigenvalue weighted by Gasteiger charge is -2.28. The van der Waals surface area contributed by atoms with Gasteiger partial charge in [-0.25, -0.2) is 9.59 Å². The lowest BCUT2D eigenvalue weighted by atomic mass is 9.72. The van der Waals surface area contributed by atoms with Gasteiger partial charge in [0.05, 0.1) is 5.94 Å². The largest absolute Gasteiger partial charge is 0.547 e. The van der Waals surface area contributed by atoms with Crippen molar-refractivity contribution in [2.75, 3.05) is 6.79 Å². The van der Waals surface area contributed by atoms with E-state index in [0.29, 0.717) is 12.0 Å². The summed E-state index contributed by atoms with van der Waals surface area (Å²) in [4.78, 5) is 35.3. The third-order valence-electron chi connectivity index (χ3n) is 4.91. The van der Waals surface area contributed by atoms with Gasteiger partial charge in [0.1, 0.15) is 17.4 Å². The summed E-state index contributed by atoms with van der Waals surface area (Å²) in [5.74, 6) is -1.51. The summed E-state index contributed by atoms with van der Waals surface area (Å²) in [6.45, 7) is 0.750. The van der Waals surface area contributed by atoms with Gasteiger partial charge in [-0.3, -0.25) is 4.79 Å². The Kier molecular flexibility index (Phi) is 6.97. The number of fused-ring (bicyclic) bond motifs is 1. The first-order chi connectivity index (χ1) is 13.9. The Morgan fingerprint density at radius 1 is 1.21 bits per heavy atom. The molecule has 0 aromatic heterocycles. The Morgan fingerprint density at radius 2 is 1.97 bits per heavy atom. The molecule has 2 N–H and O–H groups in total. The summed E-state index contributed by atoms with van der Waals surface area (Å²) in [6.07, 6.45) is 4.05. The maximum absolute atomic E-state index is 12.4. The molecule has 29 heavy (non-hydrogen) atoms. The van der Waals surface area contributed by atoms with Gasteiger partial charge in [0.15, 0.2) is 0 Å². The molecular formula is C19H24BNO8. The monoisotopic (exact) mass is 405 g/mol. The Morgan fingerprint density at radius 3 is 2.69 bits per heavy atom. The molecule has 1 amide bonds. The number of hydrogen-bond donors (Lipinski definition) is 2. The Balaban J connectivity index is 1.54. The minimum absolute atomic E-state index is 0.0899. The second-order valence-electron chi connectivity index (χ2n) is 7.14. The Hall–Kier alpha value is -2.75. The first kappa shape index (κ1) is 21.0. The fourth-order valence-corrected chi connectivity index (χ4v) is 3.53. The number of hydrogen-bond acceptors (Lipinski definition) is 8. The molecule has 0 bridgehead atoms. The van der Waals surface area contributed by atoms with Gasteiger partial charge < -0.3 is 29.2 Å². The highest BCUT2D eigenvalue weighted by molar-refractivity contribution is 6.47. The zero-order valence-electron chi connectivity index (χ0n) is 16.2. The molecule has 2 aliphatic rings. The van der Waals surface area contributed by atoms with Crippen LogP contribution in [0.15, 0.2) is 18.2 Å². The molecule has 1 aliphatic heterocycles. The van der Waals surface area contributed by atoms with E-state index in [1.54, 1.807) is 12.1 Å². The molecule has 156 valence electrons. The van der Waals surface area contributed by atoms with E-state index in [4.69, 9.17) is 18.9 Å². The van der Waals surface area contributed by atoms with E-state index in [-0.39, 0.29) is 23.3 Å². The number of rotatable bonds is 5. The van der Waals surface area contributed by atoms with Crippen molar-refractivity contribution < 1.29 is 38.3 Å². The number of carbonyl (C=O) groups is 3. The van der Waals surface area contributed by atoms with Crippen LogP contribution in [0.25, 0.3) is 0 Å². The molecule has 3 rings (SSSR count). The summed E-state index contributed by atoms with van der Waals surface area (Å²) >= 11 is 0. The van der Waals surface area contributed by atoms with Crippen LogP contribution in [0.2, 0.25) is 0 Å². The molecular weight excluding hydrogens is 381 g/mol. The SMILES string of the molecule is CC(=O)N[C@H]1Cc2cccc(C(=O)OCOC(=O)OC3CCCCC3)c2OB1O. The van der Waals surface area contributed by atoms with E-state index in [1.165, 1.54) is 13.0 Å². The van der Waals surface area contributed by atoms with Gasteiger partial charge in [0.2, 0.25) is 12.7 Å². The third kappa shape index (κ3) is 5.63. The van der Waals surface area contributed by atoms with E-state index in [0.717, 1.165) is 32.1 Å². The fraction of sp³-hybridized carbons (Fsp3) is 0.526. The van der Waals surface area contributed by atoms with Gasteiger partial charge >= 0.3 is 19.2 Å². The van der Waals surface area contributed by atoms with Gasteiger partial charge in [-0.1, -0.05) is 18.6 Å². The number of nitrogens with one attached hydrogen (secondary N) is 1. The van der Waals surface area contributed by atoms with Crippen molar-refractivity contribution in [3.05, 3.63) is 29.3 Å². The average molecular weight is 405 g/mol. The van der Waals surface area contributed by atoms with E-state index >= 15 is 0 Å². The van der Waals surface area contributed by atoms with Crippen molar-refractivity contribution in [2.24, 2.45) is 0 Å². The van der Waals surface area contributed by atoms with Gasteiger partial charge in [0, 0.05) is 6.92 Å². The van der Waals surface area contributed by atoms with E-state index in [2.05, 4.69) is 5.32 Å². The highest BCUT2D eigenvalue weighted by Crippen LogP contribution is 2.30. The molecule has 0 unspecified atom stereocenters. The molecule has 1 aromatic rings. The molecule has 1 aromatic carbocycles. The van der Waals surface area contributed by atoms with Crippen LogP contribution < -0.4 is 9.97 Å². The number of benzene rings is 1. The lowest BCUT2D eigenvalue weighted by molar-refractivity contribution is -0.119. The number of esters is 1. The zero-order valence-corrected chi connectivity index (χ0v) is 16.2. The van der Waals surface area contributed by atoms with Gasteiger partial charge in [0.25, 0.3) is 0 Å². The minimum atomic E-state index is -1.30. The van der Waals surface area contributed by atoms with E-state index in [1.807, 2.05) is 0 Å². The molecule has 9 nitrogen and oxygen atoms in total. The number of amides is 1. The molecule has 1 saturated carbocycles. The standard InChI is InChI=1S/C19H24BNO8/c1-12(22)21-16-10-13-6-5-9-15(17(13)29-20(16)25)18(23)26-11-27-19(24)28-14-7-3-2-4-8-14/h5-6,9,14,16,25H,2-4,7-8,10-11H2,1H3,(H,21,22)/t16-/m0/s1. The molecule has 1 heterocycles. The van der Waals surface area contributed by atoms with Crippen LogP contribution in [0, 0.1) is 0 Å². The van der Waals surface area contributed by atoms with Crippen LogP contribution in [-0.4, -0.2) is 49.0 Å². The summed E-state index contributed by atoms with van der Waals surface area (Å²) in [5.41, 5.74) is 0.730. The minimum Gasteiger partial charge on any atom is -0.534 e. The first-order valence-electron chi connectivity index (χ1n) is 9.68. The summed E-state index contributed by atoms with van der Waals surface area (Å²) in [7, 11) is -1.30. The van der Waals surface area contributed by atoms with Gasteiger partial charge in [-0.2, -0.15) is 0 Å². The van der Waals surface area contributed by atoms with Gasteiger partial charge in [-0.05, 0) is 43.7 Å². The highest BCUT2D eigenvalue weighted by atomic mass is 16.8. The second kappa shape index (κ2) is 9.64. The van der Waals surface area contributed by atoms with Crippen molar-refractivity contribution in [1.82, 2.24) is 5.32 Å². The molecule has 0 spiro atoms. The van der Waals surface area contributed by atoms with Crippen molar-refractivity contribution in [1.29, 1.82) is 0 Å². The van der Waals surface area contributed by atoms with Crippen molar-refractivity contribution in [3.8, 4) is 5.75 Å². The fourth-order valence-electron chi connectivity index (χ4n) is 3.53. The van der Waals surface area contributed by atoms with Crippen LogP contribution in [-0.2, 0) is 25.4 Å². The highest BCUT2D eigenvalue weighted by Gasteiger charge is 2.37. The summed E-state index contributed by atoms with van der Waals surface area (Å²) in [5, 5.41) is 12.7. The number of carbonyl (C=O) groups excluding carboxylic acids is 3. The molecule has 1 aliphatic carbocycles. The van der Waals surface area contributed by atoms with Crippen LogP contribution in [0.3, 0.4) is 0 Å². The van der Waals surface area contributed by atoms with E-state index < -0.39 is 32.0 Å². The summed E-state index contributed by atoms with van der Waals surface area (Å²) in [6, 6.07) is 4.84. The third-order valence-corrected chi connectivity index (χ3v) is 4.91. The molecule has 1 atom stereocenters. The molecule has 0 saturated heterocycles. The number of ether oxygens (including phenoxy) is 3. The average Bonchev–Trinajstić information content (AvgIpc) is 2.68. The van der Waals surface area contributed by atoms with Crippen LogP contribution in [0.4, 0.5) is 4.79 Å². The predicted molar refractivity (Wildman–Crippen MR) is 101 cm³/mol. The maximum Gasteiger partial charge on any atom is 0.547 e. The molecule has 1 fully saturated rings. The molecule has 0 radical (unpaired) electrons. The van der Waals surface area contributed by atoms with Crippen LogP contribution >= 0.6 is 0 Å². The predicted octanol–water partition coefficient (Wildman–Crippen LogP) is 1.75. The van der Waals surface area contributed by atoms with Crippen molar-refractivity contribution in [3.63, 3.8) is 0 Å². The first-order valence-corrected chi connectivity index (χ1v) is 9.68. The van der Waals surface area contributed by atoms with Crippen molar-refractivity contribution in [2.45, 2.75) is 57.5 Å². The van der Waals surface area contributed by atoms with E-state index in [9.17, 15) is 19.4 Å². The number of para-hydroxylation sites is 1. The molecule has 10 heteroatoms. The Bertz CT molecular complexity index is 765. The topological polar surface area (TPSA) is 120 Å². The lowest BCUT2D eigenvalue weighted by Crippen LogP contribution is -2.52. The maximum atomic E-state index is 12.4. The quantitative estimate of drug-likeness (QED) is 0.432. The smallest absolute Gasteiger partial charge is 0.534 e. The summed E-state index contributed by atoms with van der Waals surface area (Å²) < 4.78 is 20.4. The van der Waals surface area contributed by atoms with Crippen LogP contribution in [0.5, 0.6) is 5.75 Å². The Labute approximate surface area is 168 Å². The van der Waals surface area contributed by atoms with Gasteiger partial charge in [-0.15, -0.1) is 0 Å².